The van der Waals surface area contributed by atoms with Gasteiger partial charge in [0.2, 0.25) is 0 Å². The number of aromatic nitrogens is 3. The van der Waals surface area contributed by atoms with Crippen LogP contribution < -0.4 is 4.90 Å². The summed E-state index contributed by atoms with van der Waals surface area (Å²) >= 11 is 1.41. The van der Waals surface area contributed by atoms with Crippen molar-refractivity contribution in [2.45, 2.75) is 12.1 Å². The van der Waals surface area contributed by atoms with Gasteiger partial charge in [0.05, 0.1) is 5.75 Å². The monoisotopic (exact) mass is 290 g/mol. The van der Waals surface area contributed by atoms with E-state index < -0.39 is 0 Å². The zero-order valence-electron chi connectivity index (χ0n) is 12.1. The van der Waals surface area contributed by atoms with Gasteiger partial charge in [-0.1, -0.05) is 11.8 Å². The van der Waals surface area contributed by atoms with Gasteiger partial charge >= 0.3 is 0 Å². The van der Waals surface area contributed by atoms with Crippen LogP contribution in [0.4, 0.5) is 5.69 Å². The Morgan fingerprint density at radius 1 is 1.25 bits per heavy atom. The van der Waals surface area contributed by atoms with Crippen molar-refractivity contribution in [3.8, 4) is 11.4 Å². The lowest BCUT2D eigenvalue weighted by molar-refractivity contribution is -0.114. The summed E-state index contributed by atoms with van der Waals surface area (Å²) in [7, 11) is 5.93. The Morgan fingerprint density at radius 3 is 2.45 bits per heavy atom. The molecule has 0 aliphatic rings. The first kappa shape index (κ1) is 14.6. The number of benzene rings is 1. The molecule has 2 aromatic rings. The summed E-state index contributed by atoms with van der Waals surface area (Å²) in [6.45, 7) is 1.57. The lowest BCUT2D eigenvalue weighted by Crippen LogP contribution is -2.08. The maximum atomic E-state index is 11.0. The first-order valence-corrected chi connectivity index (χ1v) is 7.27. The molecule has 0 radical (unpaired) electrons. The largest absolute Gasteiger partial charge is 0.378 e. The van der Waals surface area contributed by atoms with Crippen molar-refractivity contribution in [3.63, 3.8) is 0 Å². The molecular weight excluding hydrogens is 272 g/mol. The van der Waals surface area contributed by atoms with Gasteiger partial charge in [-0.2, -0.15) is 0 Å². The third-order valence-electron chi connectivity index (χ3n) is 2.88. The molecule has 1 aromatic heterocycles. The van der Waals surface area contributed by atoms with Crippen LogP contribution in [0.5, 0.6) is 0 Å². The van der Waals surface area contributed by atoms with Gasteiger partial charge in [0.15, 0.2) is 11.0 Å². The van der Waals surface area contributed by atoms with Crippen LogP contribution in [0.2, 0.25) is 0 Å². The van der Waals surface area contributed by atoms with Crippen molar-refractivity contribution in [1.82, 2.24) is 14.8 Å². The standard InChI is InChI=1S/C14H18N4OS/c1-10(19)9-20-14-16-15-13(18(14)4)11-5-7-12(8-6-11)17(2)3/h5-8H,9H2,1-4H3. The number of carbonyl (C=O) groups excluding carboxylic acids is 1. The third kappa shape index (κ3) is 3.19. The van der Waals surface area contributed by atoms with Crippen LogP contribution in [-0.2, 0) is 11.8 Å². The minimum Gasteiger partial charge on any atom is -0.378 e. The van der Waals surface area contributed by atoms with Crippen molar-refractivity contribution in [1.29, 1.82) is 0 Å². The smallest absolute Gasteiger partial charge is 0.191 e. The van der Waals surface area contributed by atoms with Gasteiger partial charge in [0.25, 0.3) is 0 Å². The highest BCUT2D eigenvalue weighted by atomic mass is 32.2. The fraction of sp³-hybridized carbons (Fsp3) is 0.357. The van der Waals surface area contributed by atoms with Crippen LogP contribution in [0.25, 0.3) is 11.4 Å². The van der Waals surface area contributed by atoms with Crippen molar-refractivity contribution < 1.29 is 4.79 Å². The summed E-state index contributed by atoms with van der Waals surface area (Å²) in [4.78, 5) is 13.1. The Balaban J connectivity index is 2.22. The Labute approximate surface area is 123 Å². The van der Waals surface area contributed by atoms with Crippen LogP contribution in [0.15, 0.2) is 29.4 Å². The second kappa shape index (κ2) is 6.09. The summed E-state index contributed by atoms with van der Waals surface area (Å²) in [6.07, 6.45) is 0. The van der Waals surface area contributed by atoms with E-state index in [1.54, 1.807) is 6.92 Å². The molecule has 0 bridgehead atoms. The summed E-state index contributed by atoms with van der Waals surface area (Å²) in [5.74, 6) is 1.36. The topological polar surface area (TPSA) is 51.0 Å². The van der Waals surface area contributed by atoms with Gasteiger partial charge < -0.3 is 9.47 Å². The molecule has 0 saturated heterocycles. The molecular formula is C14H18N4OS. The van der Waals surface area contributed by atoms with E-state index in [1.165, 1.54) is 11.8 Å². The second-order valence-corrected chi connectivity index (χ2v) is 5.74. The first-order valence-electron chi connectivity index (χ1n) is 6.28. The summed E-state index contributed by atoms with van der Waals surface area (Å²) in [5, 5.41) is 9.10. The van der Waals surface area contributed by atoms with Gasteiger partial charge in [-0.25, -0.2) is 0 Å². The maximum absolute atomic E-state index is 11.0. The van der Waals surface area contributed by atoms with E-state index in [0.29, 0.717) is 5.75 Å². The fourth-order valence-corrected chi connectivity index (χ4v) is 2.48. The van der Waals surface area contributed by atoms with E-state index in [2.05, 4.69) is 15.1 Å². The van der Waals surface area contributed by atoms with Crippen LogP contribution in [0, 0.1) is 0 Å². The fourth-order valence-electron chi connectivity index (χ4n) is 1.77. The van der Waals surface area contributed by atoms with Gasteiger partial charge in [-0.05, 0) is 31.2 Å². The number of ketones is 1. The van der Waals surface area contributed by atoms with E-state index in [0.717, 1.165) is 22.2 Å². The summed E-state index contributed by atoms with van der Waals surface area (Å²) in [5.41, 5.74) is 2.15. The average molecular weight is 290 g/mol. The average Bonchev–Trinajstić information content (AvgIpc) is 2.78. The molecule has 0 aliphatic carbocycles. The van der Waals surface area contributed by atoms with E-state index in [1.807, 2.05) is 50.0 Å². The normalized spacial score (nSPS) is 10.6. The number of hydrogen-bond donors (Lipinski definition) is 0. The molecule has 2 rings (SSSR count). The van der Waals surface area contributed by atoms with Crippen LogP contribution in [-0.4, -0.2) is 40.4 Å². The Morgan fingerprint density at radius 2 is 1.90 bits per heavy atom. The molecule has 6 heteroatoms. The first-order chi connectivity index (χ1) is 9.49. The molecule has 0 spiro atoms. The highest BCUT2D eigenvalue weighted by Crippen LogP contribution is 2.24. The molecule has 0 atom stereocenters. The highest BCUT2D eigenvalue weighted by molar-refractivity contribution is 7.99. The molecule has 0 amide bonds. The maximum Gasteiger partial charge on any atom is 0.191 e. The molecule has 5 nitrogen and oxygen atoms in total. The molecule has 0 saturated carbocycles. The molecule has 0 unspecified atom stereocenters. The zero-order valence-corrected chi connectivity index (χ0v) is 12.9. The molecule has 20 heavy (non-hydrogen) atoms. The second-order valence-electron chi connectivity index (χ2n) is 4.80. The molecule has 0 fully saturated rings. The number of Topliss-reactive ketones (excluding diaryl/α,β-unsaturated/α-hetero) is 1. The van der Waals surface area contributed by atoms with Crippen molar-refractivity contribution in [2.75, 3.05) is 24.7 Å². The number of anilines is 1. The van der Waals surface area contributed by atoms with Crippen molar-refractivity contribution >= 4 is 23.2 Å². The van der Waals surface area contributed by atoms with Crippen molar-refractivity contribution in [2.24, 2.45) is 7.05 Å². The van der Waals surface area contributed by atoms with E-state index >= 15 is 0 Å². The summed E-state index contributed by atoms with van der Waals surface area (Å²) in [6, 6.07) is 8.15. The number of rotatable bonds is 5. The van der Waals surface area contributed by atoms with Crippen LogP contribution in [0.3, 0.4) is 0 Å². The molecule has 1 heterocycles. The third-order valence-corrected chi connectivity index (χ3v) is 4.05. The van der Waals surface area contributed by atoms with E-state index in [4.69, 9.17) is 0 Å². The minimum atomic E-state index is 0.134. The number of hydrogen-bond acceptors (Lipinski definition) is 5. The number of nitrogens with zero attached hydrogens (tertiary/aromatic N) is 4. The Kier molecular flexibility index (Phi) is 4.44. The van der Waals surface area contributed by atoms with Gasteiger partial charge in [-0.3, -0.25) is 4.79 Å². The predicted molar refractivity (Wildman–Crippen MR) is 82.2 cm³/mol. The van der Waals surface area contributed by atoms with Crippen LogP contribution >= 0.6 is 11.8 Å². The lowest BCUT2D eigenvalue weighted by atomic mass is 10.2. The van der Waals surface area contributed by atoms with Gasteiger partial charge in [-0.15, -0.1) is 10.2 Å². The Hall–Kier alpha value is -1.82. The van der Waals surface area contributed by atoms with E-state index in [9.17, 15) is 4.79 Å². The SMILES string of the molecule is CC(=O)CSc1nnc(-c2ccc(N(C)C)cc2)n1C. The summed E-state index contributed by atoms with van der Waals surface area (Å²) < 4.78 is 1.91. The minimum absolute atomic E-state index is 0.134. The lowest BCUT2D eigenvalue weighted by Gasteiger charge is -2.12. The van der Waals surface area contributed by atoms with Gasteiger partial charge in [0.1, 0.15) is 5.78 Å². The molecule has 106 valence electrons. The molecule has 0 N–H and O–H groups in total. The quantitative estimate of drug-likeness (QED) is 0.790. The Bertz CT molecular complexity index is 604. The zero-order chi connectivity index (χ0) is 14.7. The van der Waals surface area contributed by atoms with E-state index in [-0.39, 0.29) is 5.78 Å². The number of thioether (sulfide) groups is 1. The van der Waals surface area contributed by atoms with Crippen LogP contribution in [0.1, 0.15) is 6.92 Å². The number of carbonyl (C=O) groups is 1. The highest BCUT2D eigenvalue weighted by Gasteiger charge is 2.11. The van der Waals surface area contributed by atoms with Crippen molar-refractivity contribution in [3.05, 3.63) is 24.3 Å². The molecule has 0 aliphatic heterocycles. The van der Waals surface area contributed by atoms with Gasteiger partial charge in [0, 0.05) is 32.4 Å². The molecule has 1 aromatic carbocycles. The predicted octanol–water partition coefficient (Wildman–Crippen LogP) is 2.23.